The van der Waals surface area contributed by atoms with Gasteiger partial charge in [-0.2, -0.15) is 0 Å². The zero-order chi connectivity index (χ0) is 13.7. The third kappa shape index (κ3) is 4.10. The lowest BCUT2D eigenvalue weighted by Gasteiger charge is -2.08. The quantitative estimate of drug-likeness (QED) is 0.882. The first kappa shape index (κ1) is 13.1. The Bertz CT molecular complexity index is 567. The number of amides is 1. The molecule has 0 aliphatic carbocycles. The molecule has 0 aliphatic rings. The molecule has 0 radical (unpaired) electrons. The van der Waals surface area contributed by atoms with Crippen LogP contribution in [0.1, 0.15) is 12.5 Å². The van der Waals surface area contributed by atoms with Crippen molar-refractivity contribution < 1.29 is 9.18 Å². The van der Waals surface area contributed by atoms with Crippen LogP contribution in [0, 0.1) is 5.82 Å². The van der Waals surface area contributed by atoms with Crippen molar-refractivity contribution in [3.63, 3.8) is 0 Å². The van der Waals surface area contributed by atoms with Crippen LogP contribution in [0.5, 0.6) is 0 Å². The molecule has 4 heteroatoms. The van der Waals surface area contributed by atoms with E-state index in [9.17, 15) is 9.18 Å². The van der Waals surface area contributed by atoms with Crippen molar-refractivity contribution >= 4 is 17.3 Å². The number of benzene rings is 2. The summed E-state index contributed by atoms with van der Waals surface area (Å²) in [6.07, 6.45) is 0. The summed E-state index contributed by atoms with van der Waals surface area (Å²) in [5.41, 5.74) is 2.55. The summed E-state index contributed by atoms with van der Waals surface area (Å²) in [6, 6.07) is 13.8. The van der Waals surface area contributed by atoms with E-state index < -0.39 is 0 Å². The maximum atomic E-state index is 13.0. The van der Waals surface area contributed by atoms with Gasteiger partial charge in [0.2, 0.25) is 5.91 Å². The Kier molecular flexibility index (Phi) is 4.13. The molecule has 0 aliphatic heterocycles. The molecule has 0 unspecified atom stereocenters. The first-order valence-corrected chi connectivity index (χ1v) is 5.99. The van der Waals surface area contributed by atoms with Gasteiger partial charge >= 0.3 is 0 Å². The van der Waals surface area contributed by atoms with Crippen LogP contribution in [0.2, 0.25) is 0 Å². The topological polar surface area (TPSA) is 41.1 Å². The number of hydrogen-bond donors (Lipinski definition) is 2. The monoisotopic (exact) mass is 258 g/mol. The van der Waals surface area contributed by atoms with Gasteiger partial charge in [0.15, 0.2) is 0 Å². The van der Waals surface area contributed by atoms with Gasteiger partial charge in [-0.05, 0) is 42.0 Å². The first-order chi connectivity index (χ1) is 9.13. The van der Waals surface area contributed by atoms with Crippen LogP contribution in [0.25, 0.3) is 0 Å². The minimum atomic E-state index is -0.236. The van der Waals surface area contributed by atoms with Gasteiger partial charge in [0.25, 0.3) is 0 Å². The summed E-state index contributed by atoms with van der Waals surface area (Å²) in [5, 5.41) is 5.89. The highest BCUT2D eigenvalue weighted by molar-refractivity contribution is 5.88. The lowest BCUT2D eigenvalue weighted by molar-refractivity contribution is -0.114. The number of rotatable bonds is 4. The largest absolute Gasteiger partial charge is 0.381 e. The Balaban J connectivity index is 1.94. The van der Waals surface area contributed by atoms with Gasteiger partial charge in [-0.25, -0.2) is 4.39 Å². The highest BCUT2D eigenvalue weighted by Gasteiger charge is 1.98. The van der Waals surface area contributed by atoms with Crippen LogP contribution < -0.4 is 10.6 Å². The molecule has 0 heterocycles. The van der Waals surface area contributed by atoms with Crippen LogP contribution >= 0.6 is 0 Å². The fraction of sp³-hybridized carbons (Fsp3) is 0.133. The van der Waals surface area contributed by atoms with Gasteiger partial charge in [0.1, 0.15) is 5.82 Å². The Morgan fingerprint density at radius 1 is 1.11 bits per heavy atom. The smallest absolute Gasteiger partial charge is 0.221 e. The molecule has 0 atom stereocenters. The van der Waals surface area contributed by atoms with Crippen LogP contribution in [0.15, 0.2) is 48.5 Å². The minimum Gasteiger partial charge on any atom is -0.381 e. The van der Waals surface area contributed by atoms with E-state index in [1.54, 1.807) is 6.07 Å². The van der Waals surface area contributed by atoms with Crippen LogP contribution in [0.4, 0.5) is 15.8 Å². The molecule has 2 aromatic carbocycles. The third-order valence-corrected chi connectivity index (χ3v) is 2.59. The Hall–Kier alpha value is -2.36. The predicted molar refractivity (Wildman–Crippen MR) is 74.5 cm³/mol. The SMILES string of the molecule is CC(=O)Nc1ccc(NCc2cccc(F)c2)cc1. The molecular weight excluding hydrogens is 243 g/mol. The van der Waals surface area contributed by atoms with Crippen molar-refractivity contribution in [2.75, 3.05) is 10.6 Å². The van der Waals surface area contributed by atoms with Gasteiger partial charge in [0.05, 0.1) is 0 Å². The van der Waals surface area contributed by atoms with E-state index in [1.165, 1.54) is 19.1 Å². The van der Waals surface area contributed by atoms with Crippen molar-refractivity contribution in [2.24, 2.45) is 0 Å². The second kappa shape index (κ2) is 6.00. The molecule has 0 saturated carbocycles. The van der Waals surface area contributed by atoms with Gasteiger partial charge in [-0.1, -0.05) is 12.1 Å². The lowest BCUT2D eigenvalue weighted by Crippen LogP contribution is -2.05. The van der Waals surface area contributed by atoms with Crippen molar-refractivity contribution in [2.45, 2.75) is 13.5 Å². The average Bonchev–Trinajstić information content (AvgIpc) is 2.37. The zero-order valence-electron chi connectivity index (χ0n) is 10.6. The highest BCUT2D eigenvalue weighted by Crippen LogP contribution is 2.14. The third-order valence-electron chi connectivity index (χ3n) is 2.59. The number of nitrogens with one attached hydrogen (secondary N) is 2. The van der Waals surface area contributed by atoms with E-state index in [2.05, 4.69) is 10.6 Å². The molecule has 1 amide bonds. The van der Waals surface area contributed by atoms with E-state index in [0.29, 0.717) is 6.54 Å². The van der Waals surface area contributed by atoms with Crippen molar-refractivity contribution in [3.05, 3.63) is 59.9 Å². The molecular formula is C15H15FN2O. The minimum absolute atomic E-state index is 0.0968. The van der Waals surface area contributed by atoms with Gasteiger partial charge in [-0.15, -0.1) is 0 Å². The fourth-order valence-electron chi connectivity index (χ4n) is 1.73. The lowest BCUT2D eigenvalue weighted by atomic mass is 10.2. The van der Waals surface area contributed by atoms with Crippen molar-refractivity contribution in [1.29, 1.82) is 0 Å². The zero-order valence-corrected chi connectivity index (χ0v) is 10.6. The van der Waals surface area contributed by atoms with Crippen molar-refractivity contribution in [3.8, 4) is 0 Å². The molecule has 0 bridgehead atoms. The van der Waals surface area contributed by atoms with E-state index >= 15 is 0 Å². The summed E-state index contributed by atoms with van der Waals surface area (Å²) in [5.74, 6) is -0.333. The normalized spacial score (nSPS) is 10.0. The Morgan fingerprint density at radius 2 is 1.79 bits per heavy atom. The molecule has 0 fully saturated rings. The molecule has 0 saturated heterocycles. The molecule has 3 nitrogen and oxygen atoms in total. The second-order valence-corrected chi connectivity index (χ2v) is 4.24. The van der Waals surface area contributed by atoms with E-state index in [0.717, 1.165) is 16.9 Å². The van der Waals surface area contributed by atoms with Crippen LogP contribution in [-0.4, -0.2) is 5.91 Å². The van der Waals surface area contributed by atoms with Gasteiger partial charge < -0.3 is 10.6 Å². The van der Waals surface area contributed by atoms with Gasteiger partial charge in [-0.3, -0.25) is 4.79 Å². The molecule has 0 aromatic heterocycles. The fourth-order valence-corrected chi connectivity index (χ4v) is 1.73. The maximum Gasteiger partial charge on any atom is 0.221 e. The predicted octanol–water partition coefficient (Wildman–Crippen LogP) is 3.40. The van der Waals surface area contributed by atoms with Crippen LogP contribution in [0.3, 0.4) is 0 Å². The standard InChI is InChI=1S/C15H15FN2O/c1-11(19)18-15-7-5-14(6-8-15)17-10-12-3-2-4-13(16)9-12/h2-9,17H,10H2,1H3,(H,18,19). The number of carbonyl (C=O) groups excluding carboxylic acids is 1. The summed E-state index contributed by atoms with van der Waals surface area (Å²) in [7, 11) is 0. The number of halogens is 1. The maximum absolute atomic E-state index is 13.0. The number of anilines is 2. The number of carbonyl (C=O) groups is 1. The summed E-state index contributed by atoms with van der Waals surface area (Å²) >= 11 is 0. The summed E-state index contributed by atoms with van der Waals surface area (Å²) < 4.78 is 13.0. The molecule has 2 aromatic rings. The second-order valence-electron chi connectivity index (χ2n) is 4.24. The molecule has 19 heavy (non-hydrogen) atoms. The van der Waals surface area contributed by atoms with E-state index in [-0.39, 0.29) is 11.7 Å². The summed E-state index contributed by atoms with van der Waals surface area (Å²) in [6.45, 7) is 2.02. The van der Waals surface area contributed by atoms with Crippen molar-refractivity contribution in [1.82, 2.24) is 0 Å². The average molecular weight is 258 g/mol. The molecule has 98 valence electrons. The highest BCUT2D eigenvalue weighted by atomic mass is 19.1. The summed E-state index contributed by atoms with van der Waals surface area (Å²) in [4.78, 5) is 10.9. The Labute approximate surface area is 111 Å². The Morgan fingerprint density at radius 3 is 2.42 bits per heavy atom. The molecule has 2 rings (SSSR count). The van der Waals surface area contributed by atoms with E-state index in [1.807, 2.05) is 30.3 Å². The molecule has 2 N–H and O–H groups in total. The molecule has 0 spiro atoms. The van der Waals surface area contributed by atoms with Gasteiger partial charge in [0, 0.05) is 24.8 Å². The van der Waals surface area contributed by atoms with Crippen LogP contribution in [-0.2, 0) is 11.3 Å². The number of hydrogen-bond acceptors (Lipinski definition) is 2. The van der Waals surface area contributed by atoms with E-state index in [4.69, 9.17) is 0 Å². The first-order valence-electron chi connectivity index (χ1n) is 5.99.